The summed E-state index contributed by atoms with van der Waals surface area (Å²) < 4.78 is 13.9. The van der Waals surface area contributed by atoms with E-state index in [4.69, 9.17) is 9.47 Å². The summed E-state index contributed by atoms with van der Waals surface area (Å²) in [5, 5.41) is 30.2. The minimum atomic E-state index is -0.740. The molecule has 2 amide bonds. The number of aryl methyl sites for hydroxylation is 2. The molecule has 0 spiro atoms. The lowest BCUT2D eigenvalue weighted by Crippen LogP contribution is -2.50. The van der Waals surface area contributed by atoms with Gasteiger partial charge in [0.2, 0.25) is 0 Å². The molecule has 0 unspecified atom stereocenters. The van der Waals surface area contributed by atoms with E-state index in [0.29, 0.717) is 107 Å². The number of nitrogens with zero attached hydrogens (tertiary/aromatic N) is 12. The Labute approximate surface area is 411 Å². The van der Waals surface area contributed by atoms with Gasteiger partial charge in [0.25, 0.3) is 17.5 Å². The number of nitriles is 2. The molecule has 3 N–H and O–H groups in total. The van der Waals surface area contributed by atoms with Crippen LogP contribution in [0.15, 0.2) is 109 Å². The SMILES string of the molecule is COc1cnc(-n2cnc(C)n2)c2[nH]cc(C(=O)C(=O)N3C/C(=C(\C#N)c4ccccc4)CCN3)c12.COc1cnc(-n2cnc(C)n2)c2[nH]cc(C(=O)C(=O)N3CCC(=C(C#N)c4ccccc4)CC3)c12. The number of carbonyl (C=O) groups is 4. The van der Waals surface area contributed by atoms with Gasteiger partial charge in [-0.25, -0.2) is 34.7 Å². The number of rotatable bonds is 10. The van der Waals surface area contributed by atoms with E-state index in [1.165, 1.54) is 66.0 Å². The van der Waals surface area contributed by atoms with Gasteiger partial charge >= 0.3 is 5.91 Å². The number of allylic oxidation sites excluding steroid dienone is 2. The second kappa shape index (κ2) is 20.6. The summed E-state index contributed by atoms with van der Waals surface area (Å²) in [5.41, 5.74) is 8.90. The Balaban J connectivity index is 0.000000178. The lowest BCUT2D eigenvalue weighted by atomic mass is 9.93. The van der Waals surface area contributed by atoms with Crippen molar-refractivity contribution in [3.63, 3.8) is 0 Å². The second-order valence-corrected chi connectivity index (χ2v) is 16.6. The summed E-state index contributed by atoms with van der Waals surface area (Å²) >= 11 is 0. The first kappa shape index (κ1) is 47.5. The number of hydrogen-bond acceptors (Lipinski definition) is 15. The minimum absolute atomic E-state index is 0.118. The quantitative estimate of drug-likeness (QED) is 0.0855. The molecule has 21 nitrogen and oxygen atoms in total. The summed E-state index contributed by atoms with van der Waals surface area (Å²) in [6.45, 7) is 4.78. The van der Waals surface area contributed by atoms with Gasteiger partial charge in [-0.15, -0.1) is 0 Å². The van der Waals surface area contributed by atoms with Crippen molar-refractivity contribution < 1.29 is 28.7 Å². The highest BCUT2D eigenvalue weighted by Crippen LogP contribution is 2.34. The average molecular weight is 964 g/mol. The van der Waals surface area contributed by atoms with Crippen LogP contribution in [0.4, 0.5) is 0 Å². The standard InChI is InChI=1S/C26H23N7O3.C25H22N8O3/c1-16-30-15-33(31-16)25-23-22(21(36-2)14-29-25)20(13-28-23)24(34)26(35)32-10-8-18(9-11-32)19(12-27)17-6-4-3-5-7-17;1-15-29-14-33(31-15)24-22-21(20(36-2)12-28-24)19(11-27-22)23(34)25(35)32-13-17(8-9-30-32)18(10-26)16-6-4-3-5-7-16/h3-7,13-15,28H,8-11H2,1-2H3;3-7,11-12,14,27,30H,8-9,13H2,1-2H3/b;18-17+. The van der Waals surface area contributed by atoms with E-state index in [1.807, 2.05) is 60.7 Å². The maximum Gasteiger partial charge on any atom is 0.309 e. The van der Waals surface area contributed by atoms with Crippen LogP contribution in [0.1, 0.15) is 62.8 Å². The molecule has 0 saturated carbocycles. The number of pyridine rings is 2. The molecule has 72 heavy (non-hydrogen) atoms. The van der Waals surface area contributed by atoms with E-state index in [-0.39, 0.29) is 17.7 Å². The number of piperidine rings is 1. The van der Waals surface area contributed by atoms with Crippen LogP contribution in [-0.2, 0) is 9.59 Å². The number of ketones is 2. The zero-order valence-corrected chi connectivity index (χ0v) is 39.5. The highest BCUT2D eigenvalue weighted by Gasteiger charge is 2.33. The summed E-state index contributed by atoms with van der Waals surface area (Å²) in [4.78, 5) is 77.9. The number of ether oxygens (including phenoxy) is 2. The second-order valence-electron chi connectivity index (χ2n) is 16.6. The molecule has 0 atom stereocenters. The molecule has 2 fully saturated rings. The third-order valence-corrected chi connectivity index (χ3v) is 12.3. The molecule has 0 bridgehead atoms. The zero-order chi connectivity index (χ0) is 50.5. The first-order valence-corrected chi connectivity index (χ1v) is 22.7. The molecule has 6 aromatic heterocycles. The van der Waals surface area contributed by atoms with Gasteiger partial charge in [-0.05, 0) is 55.4 Å². The number of fused-ring (bicyclic) bond motifs is 2. The van der Waals surface area contributed by atoms with Crippen LogP contribution in [0.2, 0.25) is 0 Å². The maximum atomic E-state index is 13.4. The molecule has 2 aliphatic heterocycles. The van der Waals surface area contributed by atoms with Gasteiger partial charge in [-0.1, -0.05) is 60.7 Å². The van der Waals surface area contributed by atoms with Gasteiger partial charge in [0.05, 0.1) is 89.4 Å². The largest absolute Gasteiger partial charge is 0.494 e. The molecule has 2 aliphatic rings. The van der Waals surface area contributed by atoms with Crippen molar-refractivity contribution in [2.75, 3.05) is 40.4 Å². The van der Waals surface area contributed by atoms with Crippen molar-refractivity contribution in [1.29, 1.82) is 10.5 Å². The van der Waals surface area contributed by atoms with Crippen molar-refractivity contribution in [2.24, 2.45) is 0 Å². The predicted molar refractivity (Wildman–Crippen MR) is 261 cm³/mol. The third kappa shape index (κ3) is 9.18. The normalized spacial score (nSPS) is 14.2. The van der Waals surface area contributed by atoms with Crippen LogP contribution in [-0.4, -0.2) is 123 Å². The van der Waals surface area contributed by atoms with Gasteiger partial charge in [0.15, 0.2) is 11.6 Å². The van der Waals surface area contributed by atoms with E-state index in [9.17, 15) is 29.7 Å². The molecule has 10 rings (SSSR count). The van der Waals surface area contributed by atoms with E-state index in [2.05, 4.69) is 57.7 Å². The number of amides is 2. The fourth-order valence-electron chi connectivity index (χ4n) is 8.77. The summed E-state index contributed by atoms with van der Waals surface area (Å²) in [5.74, 6) is 0.00694. The van der Waals surface area contributed by atoms with Crippen LogP contribution in [0.25, 0.3) is 44.6 Å². The van der Waals surface area contributed by atoms with E-state index < -0.39 is 23.4 Å². The Bertz CT molecular complexity index is 3540. The molecule has 360 valence electrons. The number of carbonyl (C=O) groups excluding carboxylic acids is 4. The maximum absolute atomic E-state index is 13.4. The first-order chi connectivity index (χ1) is 35.0. The van der Waals surface area contributed by atoms with Gasteiger partial charge in [0.1, 0.15) is 35.8 Å². The number of benzene rings is 2. The van der Waals surface area contributed by atoms with Crippen LogP contribution in [0.5, 0.6) is 11.5 Å². The van der Waals surface area contributed by atoms with Crippen molar-refractivity contribution in [3.8, 4) is 35.3 Å². The molecular formula is C51H45N15O6. The van der Waals surface area contributed by atoms with Crippen molar-refractivity contribution in [3.05, 3.63) is 143 Å². The lowest BCUT2D eigenvalue weighted by molar-refractivity contribution is -0.129. The van der Waals surface area contributed by atoms with Crippen molar-refractivity contribution in [1.82, 2.24) is 64.8 Å². The number of Topliss-reactive ketones (excluding diaryl/α,β-unsaturated/α-hetero) is 2. The summed E-state index contributed by atoms with van der Waals surface area (Å²) in [6.07, 6.45) is 10.6. The van der Waals surface area contributed by atoms with Crippen LogP contribution >= 0.6 is 0 Å². The molecule has 2 aromatic carbocycles. The highest BCUT2D eigenvalue weighted by molar-refractivity contribution is 6.46. The smallest absolute Gasteiger partial charge is 0.309 e. The van der Waals surface area contributed by atoms with Gasteiger partial charge < -0.3 is 24.3 Å². The zero-order valence-electron chi connectivity index (χ0n) is 39.5. The number of hydrogen-bond donors (Lipinski definition) is 3. The number of H-pyrrole nitrogens is 2. The fourth-order valence-corrected chi connectivity index (χ4v) is 8.77. The number of hydrazine groups is 1. The summed E-state index contributed by atoms with van der Waals surface area (Å²) in [7, 11) is 2.95. The Kier molecular flexibility index (Phi) is 13.5. The number of methoxy groups -OCH3 is 2. The van der Waals surface area contributed by atoms with E-state index in [0.717, 1.165) is 22.3 Å². The van der Waals surface area contributed by atoms with Crippen LogP contribution in [0.3, 0.4) is 0 Å². The predicted octanol–water partition coefficient (Wildman–Crippen LogP) is 5.60. The highest BCUT2D eigenvalue weighted by atomic mass is 16.5. The number of aromatic nitrogens is 10. The molecule has 0 radical (unpaired) electrons. The van der Waals surface area contributed by atoms with Gasteiger partial charge in [-0.3, -0.25) is 24.2 Å². The average Bonchev–Trinajstić information content (AvgIpc) is 4.26. The van der Waals surface area contributed by atoms with E-state index >= 15 is 0 Å². The summed E-state index contributed by atoms with van der Waals surface area (Å²) in [6, 6.07) is 23.4. The van der Waals surface area contributed by atoms with Crippen molar-refractivity contribution >= 4 is 56.3 Å². The molecule has 8 aromatic rings. The first-order valence-electron chi connectivity index (χ1n) is 22.7. The Morgan fingerprint density at radius 2 is 1.10 bits per heavy atom. The Morgan fingerprint density at radius 3 is 1.54 bits per heavy atom. The third-order valence-electron chi connectivity index (χ3n) is 12.3. The molecular weight excluding hydrogens is 919 g/mol. The fraction of sp³-hybridized carbons (Fsp3) is 0.216. The van der Waals surface area contributed by atoms with Crippen LogP contribution < -0.4 is 14.9 Å². The van der Waals surface area contributed by atoms with E-state index in [1.54, 1.807) is 18.7 Å². The van der Waals surface area contributed by atoms with Crippen LogP contribution in [0, 0.1) is 36.5 Å². The minimum Gasteiger partial charge on any atom is -0.494 e. The topological polar surface area (TPSA) is 272 Å². The molecule has 21 heteroatoms. The Hall–Kier alpha value is -9.60. The molecule has 0 aliphatic carbocycles. The van der Waals surface area contributed by atoms with Gasteiger partial charge in [0, 0.05) is 32.0 Å². The van der Waals surface area contributed by atoms with Crippen molar-refractivity contribution in [2.45, 2.75) is 33.1 Å². The monoisotopic (exact) mass is 963 g/mol. The number of nitrogens with one attached hydrogen (secondary N) is 3. The van der Waals surface area contributed by atoms with Gasteiger partial charge in [-0.2, -0.15) is 20.7 Å². The number of likely N-dealkylation sites (tertiary alicyclic amines) is 1. The molecule has 8 heterocycles. The number of aromatic amines is 2. The Morgan fingerprint density at radius 1 is 0.625 bits per heavy atom. The lowest BCUT2D eigenvalue weighted by Gasteiger charge is -2.29. The molecule has 2 saturated heterocycles.